The number of amides is 2. The van der Waals surface area contributed by atoms with Crippen molar-refractivity contribution in [1.29, 1.82) is 0 Å². The summed E-state index contributed by atoms with van der Waals surface area (Å²) in [5.74, 6) is 0.398. The van der Waals surface area contributed by atoms with Gasteiger partial charge in [0.2, 0.25) is 5.91 Å². The van der Waals surface area contributed by atoms with Gasteiger partial charge >= 0.3 is 0 Å². The first-order chi connectivity index (χ1) is 16.8. The molecule has 3 aromatic rings. The molecule has 10 heteroatoms. The molecule has 182 valence electrons. The van der Waals surface area contributed by atoms with E-state index in [1.165, 1.54) is 12.1 Å². The summed E-state index contributed by atoms with van der Waals surface area (Å²) < 4.78 is 16.9. The van der Waals surface area contributed by atoms with E-state index in [1.807, 2.05) is 0 Å². The number of aryl methyl sites for hydroxylation is 1. The molecule has 0 atom stereocenters. The molecule has 0 aliphatic carbocycles. The molecule has 0 saturated carbocycles. The molecular weight excluding hydrogens is 451 g/mol. The first-order valence-corrected chi connectivity index (χ1v) is 11.7. The number of halogens is 1. The fraction of sp³-hybridized carbons (Fsp3) is 0.400. The van der Waals surface area contributed by atoms with Crippen LogP contribution in [-0.4, -0.2) is 54.7 Å². The summed E-state index contributed by atoms with van der Waals surface area (Å²) in [5.41, 5.74) is 1.82. The van der Waals surface area contributed by atoms with Crippen molar-refractivity contribution in [2.24, 2.45) is 0 Å². The molecule has 5 rings (SSSR count). The van der Waals surface area contributed by atoms with Crippen LogP contribution in [0.3, 0.4) is 0 Å². The second-order valence-corrected chi connectivity index (χ2v) is 9.59. The summed E-state index contributed by atoms with van der Waals surface area (Å²) in [4.78, 5) is 31.3. The Kier molecular flexibility index (Phi) is 5.84. The number of aliphatic hydroxyl groups is 1. The number of fused-ring (bicyclic) bond motifs is 2. The smallest absolute Gasteiger partial charge is 0.259 e. The van der Waals surface area contributed by atoms with Gasteiger partial charge in [0.25, 0.3) is 5.91 Å². The molecule has 0 radical (unpaired) electrons. The normalized spacial score (nSPS) is 16.1. The Bertz CT molecular complexity index is 1320. The van der Waals surface area contributed by atoms with Gasteiger partial charge in [0.15, 0.2) is 5.82 Å². The number of nitrogens with one attached hydrogen (secondary N) is 1. The Balaban J connectivity index is 1.38. The van der Waals surface area contributed by atoms with Crippen LogP contribution in [-0.2, 0) is 29.7 Å². The molecule has 1 aromatic carbocycles. The quantitative estimate of drug-likeness (QED) is 0.583. The summed E-state index contributed by atoms with van der Waals surface area (Å²) in [5, 5.41) is 20.3. The average molecular weight is 479 g/mol. The number of rotatable bonds is 5. The second-order valence-electron chi connectivity index (χ2n) is 9.59. The van der Waals surface area contributed by atoms with Gasteiger partial charge in [0, 0.05) is 31.5 Å². The van der Waals surface area contributed by atoms with Crippen LogP contribution in [0.25, 0.3) is 11.5 Å². The van der Waals surface area contributed by atoms with Crippen LogP contribution < -0.4 is 5.32 Å². The lowest BCUT2D eigenvalue weighted by Gasteiger charge is -2.29. The highest BCUT2D eigenvalue weighted by atomic mass is 19.1. The Labute approximate surface area is 202 Å². The molecule has 2 N–H and O–H groups in total. The number of anilines is 1. The van der Waals surface area contributed by atoms with Crippen molar-refractivity contribution in [2.45, 2.75) is 51.6 Å². The highest BCUT2D eigenvalue weighted by molar-refractivity contribution is 6.04. The minimum Gasteiger partial charge on any atom is -0.396 e. The zero-order chi connectivity index (χ0) is 24.7. The maximum atomic E-state index is 14.8. The zero-order valence-electron chi connectivity index (χ0n) is 19.7. The van der Waals surface area contributed by atoms with E-state index >= 15 is 0 Å². The average Bonchev–Trinajstić information content (AvgIpc) is 3.39. The molecule has 0 unspecified atom stereocenters. The molecule has 0 bridgehead atoms. The maximum Gasteiger partial charge on any atom is 0.259 e. The lowest BCUT2D eigenvalue weighted by atomic mass is 9.96. The van der Waals surface area contributed by atoms with Crippen molar-refractivity contribution in [3.8, 4) is 11.5 Å². The van der Waals surface area contributed by atoms with Crippen LogP contribution in [0.5, 0.6) is 0 Å². The van der Waals surface area contributed by atoms with E-state index in [9.17, 15) is 14.0 Å². The Hall–Kier alpha value is -3.66. The van der Waals surface area contributed by atoms with E-state index in [1.54, 1.807) is 23.1 Å². The number of hydrogen-bond donors (Lipinski definition) is 2. The minimum absolute atomic E-state index is 0.0400. The van der Waals surface area contributed by atoms with Crippen molar-refractivity contribution in [3.63, 3.8) is 0 Å². The van der Waals surface area contributed by atoms with Gasteiger partial charge in [0.05, 0.1) is 12.2 Å². The summed E-state index contributed by atoms with van der Waals surface area (Å²) in [6.45, 7) is 4.76. The summed E-state index contributed by atoms with van der Waals surface area (Å²) in [6, 6.07) is 8.06. The first kappa shape index (κ1) is 23.1. The van der Waals surface area contributed by atoms with Crippen molar-refractivity contribution in [2.75, 3.05) is 18.5 Å². The molecule has 2 aliphatic heterocycles. The molecule has 2 aromatic heterocycles. The maximum absolute atomic E-state index is 14.8. The monoisotopic (exact) mass is 478 g/mol. The lowest BCUT2D eigenvalue weighted by Crippen LogP contribution is -2.36. The van der Waals surface area contributed by atoms with Crippen molar-refractivity contribution < 1.29 is 19.1 Å². The molecule has 9 nitrogen and oxygen atoms in total. The van der Waals surface area contributed by atoms with Gasteiger partial charge in [0.1, 0.15) is 23.2 Å². The number of benzene rings is 1. The molecule has 0 saturated heterocycles. The van der Waals surface area contributed by atoms with E-state index < -0.39 is 11.7 Å². The van der Waals surface area contributed by atoms with E-state index in [-0.39, 0.29) is 42.4 Å². The van der Waals surface area contributed by atoms with Gasteiger partial charge < -0.3 is 19.9 Å². The third kappa shape index (κ3) is 4.29. The molecule has 0 fully saturated rings. The van der Waals surface area contributed by atoms with E-state index in [2.05, 4.69) is 38.9 Å². The fourth-order valence-electron chi connectivity index (χ4n) is 4.84. The lowest BCUT2D eigenvalue weighted by molar-refractivity contribution is -0.132. The van der Waals surface area contributed by atoms with Gasteiger partial charge in [-0.25, -0.2) is 9.37 Å². The van der Waals surface area contributed by atoms with Gasteiger partial charge in [-0.05, 0) is 62.1 Å². The summed E-state index contributed by atoms with van der Waals surface area (Å²) in [7, 11) is 0. The number of nitrogens with zero attached hydrogens (tertiary/aromatic N) is 5. The van der Waals surface area contributed by atoms with Crippen molar-refractivity contribution >= 4 is 17.6 Å². The van der Waals surface area contributed by atoms with Crippen LogP contribution in [0.4, 0.5) is 10.2 Å². The molecule has 2 aliphatic rings. The predicted octanol–water partition coefficient (Wildman–Crippen LogP) is 2.68. The van der Waals surface area contributed by atoms with Gasteiger partial charge in [-0.1, -0.05) is 6.07 Å². The van der Waals surface area contributed by atoms with Crippen molar-refractivity contribution in [3.05, 3.63) is 58.7 Å². The van der Waals surface area contributed by atoms with E-state index in [4.69, 9.17) is 5.11 Å². The Morgan fingerprint density at radius 1 is 1.17 bits per heavy atom. The fourth-order valence-corrected chi connectivity index (χ4v) is 4.84. The van der Waals surface area contributed by atoms with Gasteiger partial charge in [-0.2, -0.15) is 0 Å². The van der Waals surface area contributed by atoms with Crippen LogP contribution in [0.1, 0.15) is 54.0 Å². The summed E-state index contributed by atoms with van der Waals surface area (Å²) in [6.07, 6.45) is 2.34. The highest BCUT2D eigenvalue weighted by Crippen LogP contribution is 2.35. The first-order valence-electron chi connectivity index (χ1n) is 11.7. The molecule has 0 spiro atoms. The Morgan fingerprint density at radius 2 is 2.00 bits per heavy atom. The highest BCUT2D eigenvalue weighted by Gasteiger charge is 2.34. The van der Waals surface area contributed by atoms with Gasteiger partial charge in [-0.3, -0.25) is 9.59 Å². The molecule has 35 heavy (non-hydrogen) atoms. The number of aromatic nitrogens is 4. The van der Waals surface area contributed by atoms with Crippen LogP contribution in [0.15, 0.2) is 30.3 Å². The second kappa shape index (κ2) is 8.84. The topological polar surface area (TPSA) is 113 Å². The molecule has 2 amide bonds. The molecule has 4 heterocycles. The largest absolute Gasteiger partial charge is 0.396 e. The van der Waals surface area contributed by atoms with Crippen LogP contribution in [0, 0.1) is 5.82 Å². The third-order valence-corrected chi connectivity index (χ3v) is 6.74. The third-order valence-electron chi connectivity index (χ3n) is 6.74. The number of aliphatic hydroxyl groups excluding tert-OH is 1. The van der Waals surface area contributed by atoms with Gasteiger partial charge in [-0.15, -0.1) is 10.2 Å². The van der Waals surface area contributed by atoms with E-state index in [0.717, 1.165) is 29.8 Å². The van der Waals surface area contributed by atoms with Crippen LogP contribution in [0.2, 0.25) is 0 Å². The van der Waals surface area contributed by atoms with Crippen molar-refractivity contribution in [1.82, 2.24) is 24.6 Å². The number of pyridine rings is 1. The van der Waals surface area contributed by atoms with Crippen LogP contribution >= 0.6 is 0 Å². The number of carbonyl (C=O) groups is 2. The Morgan fingerprint density at radius 3 is 2.80 bits per heavy atom. The summed E-state index contributed by atoms with van der Waals surface area (Å²) >= 11 is 0. The standard InChI is InChI=1S/C25H27FN6O3/c1-25(2)9-6-21-29-30-23(32(21)25)19-4-3-5-20(27-19)28-24(35)17-12-16-14-31(22(34)8-11-33)10-7-15(16)13-18(17)26/h3-5,12-13,33H,6-11,14H2,1-2H3,(H,27,28,35). The number of carbonyl (C=O) groups excluding carboxylic acids is 2. The minimum atomic E-state index is -0.624. The zero-order valence-corrected chi connectivity index (χ0v) is 19.7. The number of hydrogen-bond acceptors (Lipinski definition) is 6. The predicted molar refractivity (Wildman–Crippen MR) is 126 cm³/mol. The SMILES string of the molecule is CC1(C)CCc2nnc(-c3cccc(NC(=O)c4cc5c(cc4F)CCN(C(=O)CCO)C5)n3)n21. The molecular formula is C25H27FN6O3. The van der Waals surface area contributed by atoms with E-state index in [0.29, 0.717) is 24.5 Å².